The van der Waals surface area contributed by atoms with Gasteiger partial charge in [-0.1, -0.05) is 0 Å². The molecule has 0 unspecified atom stereocenters. The van der Waals surface area contributed by atoms with E-state index < -0.39 is 0 Å². The van der Waals surface area contributed by atoms with Gasteiger partial charge in [0, 0.05) is 19.7 Å². The lowest BCUT2D eigenvalue weighted by molar-refractivity contribution is -0.114. The van der Waals surface area contributed by atoms with Crippen LogP contribution in [0.4, 0.5) is 5.69 Å². The van der Waals surface area contributed by atoms with E-state index in [0.29, 0.717) is 4.77 Å². The molecule has 2 aromatic rings. The van der Waals surface area contributed by atoms with E-state index in [1.807, 2.05) is 29.8 Å². The number of aromatic amines is 1. The van der Waals surface area contributed by atoms with Crippen LogP contribution in [-0.4, -0.2) is 15.5 Å². The first-order valence-corrected chi connectivity index (χ1v) is 4.95. The van der Waals surface area contributed by atoms with Crippen LogP contribution in [0.2, 0.25) is 0 Å². The zero-order valence-electron chi connectivity index (χ0n) is 8.50. The third-order valence-corrected chi connectivity index (χ3v) is 2.60. The number of H-pyrrole nitrogens is 1. The van der Waals surface area contributed by atoms with Crippen molar-refractivity contribution in [1.29, 1.82) is 0 Å². The Balaban J connectivity index is 2.59. The number of rotatable bonds is 1. The third kappa shape index (κ3) is 1.78. The van der Waals surface area contributed by atoms with Crippen molar-refractivity contribution >= 4 is 34.8 Å². The largest absolute Gasteiger partial charge is 0.331 e. The van der Waals surface area contributed by atoms with E-state index in [4.69, 9.17) is 12.2 Å². The summed E-state index contributed by atoms with van der Waals surface area (Å²) < 4.78 is 2.54. The maximum absolute atomic E-state index is 10.9. The van der Waals surface area contributed by atoms with Gasteiger partial charge in [-0.3, -0.25) is 4.79 Å². The van der Waals surface area contributed by atoms with Gasteiger partial charge >= 0.3 is 0 Å². The van der Waals surface area contributed by atoms with Gasteiger partial charge in [-0.05, 0) is 30.4 Å². The van der Waals surface area contributed by atoms with Crippen molar-refractivity contribution in [2.75, 3.05) is 5.32 Å². The van der Waals surface area contributed by atoms with Crippen molar-refractivity contribution in [3.05, 3.63) is 23.0 Å². The van der Waals surface area contributed by atoms with Crippen molar-refractivity contribution in [2.24, 2.45) is 7.05 Å². The highest BCUT2D eigenvalue weighted by Gasteiger charge is 2.02. The van der Waals surface area contributed by atoms with Crippen LogP contribution in [0.1, 0.15) is 6.92 Å². The van der Waals surface area contributed by atoms with Crippen LogP contribution < -0.4 is 5.32 Å². The van der Waals surface area contributed by atoms with E-state index in [1.54, 1.807) is 0 Å². The predicted octanol–water partition coefficient (Wildman–Crippen LogP) is 2.19. The summed E-state index contributed by atoms with van der Waals surface area (Å²) in [7, 11) is 1.89. The Morgan fingerprint density at radius 1 is 1.53 bits per heavy atom. The molecule has 15 heavy (non-hydrogen) atoms. The van der Waals surface area contributed by atoms with Gasteiger partial charge in [0.25, 0.3) is 0 Å². The fraction of sp³-hybridized carbons (Fsp3) is 0.200. The first-order valence-electron chi connectivity index (χ1n) is 4.54. The Morgan fingerprint density at radius 3 is 2.93 bits per heavy atom. The van der Waals surface area contributed by atoms with E-state index in [9.17, 15) is 4.79 Å². The van der Waals surface area contributed by atoms with Crippen LogP contribution in [0, 0.1) is 4.77 Å². The molecule has 2 rings (SSSR count). The fourth-order valence-electron chi connectivity index (χ4n) is 1.50. The van der Waals surface area contributed by atoms with Crippen molar-refractivity contribution in [3.63, 3.8) is 0 Å². The maximum atomic E-state index is 10.9. The second-order valence-corrected chi connectivity index (χ2v) is 3.79. The number of nitrogens with one attached hydrogen (secondary N) is 2. The average molecular weight is 221 g/mol. The molecule has 0 spiro atoms. The molecule has 1 aromatic carbocycles. The topological polar surface area (TPSA) is 49.8 Å². The highest BCUT2D eigenvalue weighted by molar-refractivity contribution is 7.71. The van der Waals surface area contributed by atoms with Gasteiger partial charge in [0.05, 0.1) is 11.0 Å². The molecular weight excluding hydrogens is 210 g/mol. The number of hydrogen-bond donors (Lipinski definition) is 2. The first kappa shape index (κ1) is 9.92. The summed E-state index contributed by atoms with van der Waals surface area (Å²) in [5, 5.41) is 2.73. The number of carbonyl (C=O) groups is 1. The smallest absolute Gasteiger partial charge is 0.221 e. The van der Waals surface area contributed by atoms with E-state index >= 15 is 0 Å². The SMILES string of the molecule is CC(=O)Nc1ccc2[nH]c(=S)n(C)c2c1. The molecule has 0 saturated heterocycles. The Morgan fingerprint density at radius 2 is 2.27 bits per heavy atom. The summed E-state index contributed by atoms with van der Waals surface area (Å²) in [6.45, 7) is 1.49. The standard InChI is InChI=1S/C10H11N3OS/c1-6(14)11-7-3-4-8-9(5-7)13(2)10(15)12-8/h3-5H,1-2H3,(H,11,14)(H,12,15). The number of aryl methyl sites for hydroxylation is 1. The number of amides is 1. The molecular formula is C10H11N3OS. The van der Waals surface area contributed by atoms with Crippen molar-refractivity contribution < 1.29 is 4.79 Å². The van der Waals surface area contributed by atoms with E-state index in [2.05, 4.69) is 10.3 Å². The van der Waals surface area contributed by atoms with Crippen LogP contribution in [0.25, 0.3) is 11.0 Å². The first-order chi connectivity index (χ1) is 7.08. The minimum Gasteiger partial charge on any atom is -0.331 e. The number of benzene rings is 1. The summed E-state index contributed by atoms with van der Waals surface area (Å²) in [6, 6.07) is 5.63. The molecule has 0 atom stereocenters. The normalized spacial score (nSPS) is 10.5. The van der Waals surface area contributed by atoms with Gasteiger partial charge in [0.15, 0.2) is 4.77 Å². The lowest BCUT2D eigenvalue weighted by atomic mass is 10.2. The van der Waals surface area contributed by atoms with Crippen LogP contribution in [0.15, 0.2) is 18.2 Å². The van der Waals surface area contributed by atoms with Gasteiger partial charge < -0.3 is 14.9 Å². The molecule has 0 aliphatic rings. The monoisotopic (exact) mass is 221 g/mol. The Bertz CT molecular complexity index is 582. The number of nitrogens with zero attached hydrogens (tertiary/aromatic N) is 1. The highest BCUT2D eigenvalue weighted by atomic mass is 32.1. The molecule has 0 radical (unpaired) electrons. The summed E-state index contributed by atoms with van der Waals surface area (Å²) >= 11 is 5.11. The van der Waals surface area contributed by atoms with Gasteiger partial charge in [-0.15, -0.1) is 0 Å². The predicted molar refractivity (Wildman–Crippen MR) is 62.4 cm³/mol. The molecule has 1 heterocycles. The van der Waals surface area contributed by atoms with Gasteiger partial charge in [-0.25, -0.2) is 0 Å². The van der Waals surface area contributed by atoms with Crippen LogP contribution >= 0.6 is 12.2 Å². The van der Waals surface area contributed by atoms with Gasteiger partial charge in [-0.2, -0.15) is 0 Å². The molecule has 1 aromatic heterocycles. The molecule has 0 aliphatic heterocycles. The fourth-order valence-corrected chi connectivity index (χ4v) is 1.71. The molecule has 78 valence electrons. The second-order valence-electron chi connectivity index (χ2n) is 3.40. The van der Waals surface area contributed by atoms with Crippen LogP contribution in [0.3, 0.4) is 0 Å². The van der Waals surface area contributed by atoms with Crippen molar-refractivity contribution in [3.8, 4) is 0 Å². The zero-order chi connectivity index (χ0) is 11.0. The third-order valence-electron chi connectivity index (χ3n) is 2.23. The highest BCUT2D eigenvalue weighted by Crippen LogP contribution is 2.18. The van der Waals surface area contributed by atoms with Crippen LogP contribution in [0.5, 0.6) is 0 Å². The summed E-state index contributed by atoms with van der Waals surface area (Å²) in [6.07, 6.45) is 0. The molecule has 0 bridgehead atoms. The lowest BCUT2D eigenvalue weighted by Gasteiger charge is -2.02. The van der Waals surface area contributed by atoms with E-state index in [1.165, 1.54) is 6.92 Å². The Labute approximate surface area is 91.9 Å². The second kappa shape index (κ2) is 3.51. The number of hydrogen-bond acceptors (Lipinski definition) is 2. The summed E-state index contributed by atoms with van der Waals surface area (Å²) in [5.41, 5.74) is 2.72. The lowest BCUT2D eigenvalue weighted by Crippen LogP contribution is -2.05. The molecule has 1 amide bonds. The van der Waals surface area contributed by atoms with Gasteiger partial charge in [0.2, 0.25) is 5.91 Å². The molecule has 5 heteroatoms. The molecule has 0 aliphatic carbocycles. The number of imidazole rings is 1. The van der Waals surface area contributed by atoms with Crippen molar-refractivity contribution in [2.45, 2.75) is 6.92 Å². The quantitative estimate of drug-likeness (QED) is 0.725. The number of aromatic nitrogens is 2. The average Bonchev–Trinajstić information content (AvgIpc) is 2.43. The minimum absolute atomic E-state index is 0.0777. The van der Waals surface area contributed by atoms with Crippen LogP contribution in [-0.2, 0) is 11.8 Å². The Hall–Kier alpha value is -1.62. The number of anilines is 1. The molecule has 0 fully saturated rings. The summed E-state index contributed by atoms with van der Waals surface area (Å²) in [5.74, 6) is -0.0777. The molecule has 2 N–H and O–H groups in total. The van der Waals surface area contributed by atoms with Gasteiger partial charge in [0.1, 0.15) is 0 Å². The summed E-state index contributed by atoms with van der Waals surface area (Å²) in [4.78, 5) is 14.0. The molecule has 4 nitrogen and oxygen atoms in total. The Kier molecular flexibility index (Phi) is 2.32. The minimum atomic E-state index is -0.0777. The molecule has 0 saturated carbocycles. The van der Waals surface area contributed by atoms with E-state index in [0.717, 1.165) is 16.7 Å². The number of carbonyl (C=O) groups excluding carboxylic acids is 1. The van der Waals surface area contributed by atoms with Crippen molar-refractivity contribution in [1.82, 2.24) is 9.55 Å². The number of fused-ring (bicyclic) bond motifs is 1. The van der Waals surface area contributed by atoms with E-state index in [-0.39, 0.29) is 5.91 Å². The maximum Gasteiger partial charge on any atom is 0.221 e. The zero-order valence-corrected chi connectivity index (χ0v) is 9.31.